The van der Waals surface area contributed by atoms with Crippen LogP contribution < -0.4 is 4.74 Å². The van der Waals surface area contributed by atoms with Gasteiger partial charge in [-0.3, -0.25) is 4.68 Å². The van der Waals surface area contributed by atoms with Crippen LogP contribution in [0.1, 0.15) is 24.3 Å². The maximum Gasteiger partial charge on any atom is 0.278 e. The van der Waals surface area contributed by atoms with E-state index in [2.05, 4.69) is 10.1 Å². The first-order valence-corrected chi connectivity index (χ1v) is 11.4. The van der Waals surface area contributed by atoms with Gasteiger partial charge in [0, 0.05) is 10.5 Å². The minimum atomic E-state index is -0.0656. The Morgan fingerprint density at radius 1 is 1.13 bits per heavy atom. The van der Waals surface area contributed by atoms with Crippen molar-refractivity contribution in [2.24, 2.45) is 0 Å². The molecule has 0 bridgehead atoms. The summed E-state index contributed by atoms with van der Waals surface area (Å²) < 4.78 is 19.0. The number of fused-ring (bicyclic) bond motifs is 1. The van der Waals surface area contributed by atoms with Gasteiger partial charge < -0.3 is 14.0 Å². The van der Waals surface area contributed by atoms with E-state index in [9.17, 15) is 0 Å². The van der Waals surface area contributed by atoms with Crippen LogP contribution >= 0.6 is 11.8 Å². The van der Waals surface area contributed by atoms with E-state index >= 15 is 0 Å². The number of aromatic nitrogens is 4. The van der Waals surface area contributed by atoms with E-state index in [1.165, 1.54) is 4.90 Å². The van der Waals surface area contributed by atoms with Crippen molar-refractivity contribution in [1.82, 2.24) is 19.9 Å². The van der Waals surface area contributed by atoms with Gasteiger partial charge in [0.05, 0.1) is 25.5 Å². The zero-order chi connectivity index (χ0) is 21.2. The minimum absolute atomic E-state index is 0.0656. The third kappa shape index (κ3) is 4.08. The van der Waals surface area contributed by atoms with Gasteiger partial charge in [0.2, 0.25) is 5.82 Å². The average molecular weight is 435 g/mol. The topological polar surface area (TPSA) is 75.2 Å². The smallest absolute Gasteiger partial charge is 0.278 e. The second kappa shape index (κ2) is 8.56. The molecule has 0 radical (unpaired) electrons. The van der Waals surface area contributed by atoms with Crippen molar-refractivity contribution < 1.29 is 14.0 Å². The molecule has 7 nitrogen and oxygen atoms in total. The van der Waals surface area contributed by atoms with Crippen molar-refractivity contribution in [3.8, 4) is 28.7 Å². The molecule has 0 saturated heterocycles. The first-order chi connectivity index (χ1) is 15.2. The Balaban J connectivity index is 1.33. The zero-order valence-electron chi connectivity index (χ0n) is 17.3. The standard InChI is InChI=1S/C23H22N4O3S/c1-3-28-18-8-4-15(5-9-18)21-13-27-17(14-29-21)12-20(25-27)23-24-22(26-30-23)16-6-10-19(31-2)11-7-16/h4-12,21H,3,13-14H2,1-2H3. The lowest BCUT2D eigenvalue weighted by atomic mass is 10.1. The molecule has 2 aromatic heterocycles. The van der Waals surface area contributed by atoms with Gasteiger partial charge in [0.15, 0.2) is 5.69 Å². The van der Waals surface area contributed by atoms with Crippen molar-refractivity contribution in [3.63, 3.8) is 0 Å². The van der Waals surface area contributed by atoms with E-state index in [1.807, 2.05) is 72.5 Å². The van der Waals surface area contributed by atoms with Gasteiger partial charge in [0.1, 0.15) is 11.9 Å². The van der Waals surface area contributed by atoms with Crippen LogP contribution in [0.2, 0.25) is 0 Å². The van der Waals surface area contributed by atoms with Crippen molar-refractivity contribution >= 4 is 11.8 Å². The van der Waals surface area contributed by atoms with E-state index in [1.54, 1.807) is 11.8 Å². The number of ether oxygens (including phenoxy) is 2. The Kier molecular flexibility index (Phi) is 5.48. The van der Waals surface area contributed by atoms with Gasteiger partial charge in [-0.2, -0.15) is 10.1 Å². The summed E-state index contributed by atoms with van der Waals surface area (Å²) in [6.45, 7) is 3.73. The zero-order valence-corrected chi connectivity index (χ0v) is 18.1. The summed E-state index contributed by atoms with van der Waals surface area (Å²) in [7, 11) is 0. The Hall–Kier alpha value is -3.10. The molecule has 0 saturated carbocycles. The summed E-state index contributed by atoms with van der Waals surface area (Å²) in [5.74, 6) is 1.82. The van der Waals surface area contributed by atoms with E-state index in [-0.39, 0.29) is 6.10 Å². The Bertz CT molecular complexity index is 1170. The normalized spacial score (nSPS) is 15.6. The highest BCUT2D eigenvalue weighted by molar-refractivity contribution is 7.98. The lowest BCUT2D eigenvalue weighted by molar-refractivity contribution is -0.00115. The third-order valence-corrected chi connectivity index (χ3v) is 5.93. The summed E-state index contributed by atoms with van der Waals surface area (Å²) in [5, 5.41) is 8.82. The molecular weight excluding hydrogens is 412 g/mol. The van der Waals surface area contributed by atoms with E-state index in [0.717, 1.165) is 22.6 Å². The molecule has 5 rings (SSSR count). The van der Waals surface area contributed by atoms with E-state index in [0.29, 0.717) is 37.2 Å². The van der Waals surface area contributed by atoms with Gasteiger partial charge in [-0.05, 0) is 61.2 Å². The fraction of sp³-hybridized carbons (Fsp3) is 0.261. The summed E-state index contributed by atoms with van der Waals surface area (Å²) in [6.07, 6.45) is 1.98. The van der Waals surface area contributed by atoms with Crippen molar-refractivity contribution in [2.45, 2.75) is 31.1 Å². The van der Waals surface area contributed by atoms with Crippen LogP contribution in [0.15, 0.2) is 64.0 Å². The largest absolute Gasteiger partial charge is 0.494 e. The molecule has 3 heterocycles. The second-order valence-corrected chi connectivity index (χ2v) is 8.04. The summed E-state index contributed by atoms with van der Waals surface area (Å²) >= 11 is 1.70. The number of rotatable bonds is 6. The number of nitrogens with zero attached hydrogens (tertiary/aromatic N) is 4. The molecule has 1 unspecified atom stereocenters. The molecule has 2 aromatic carbocycles. The number of benzene rings is 2. The van der Waals surface area contributed by atoms with Crippen molar-refractivity contribution in [2.75, 3.05) is 12.9 Å². The van der Waals surface area contributed by atoms with Crippen molar-refractivity contribution in [1.29, 1.82) is 0 Å². The predicted octanol–water partition coefficient (Wildman–Crippen LogP) is 4.99. The molecular formula is C23H22N4O3S. The van der Waals surface area contributed by atoms with Crippen molar-refractivity contribution in [3.05, 3.63) is 65.9 Å². The van der Waals surface area contributed by atoms with Crippen LogP contribution in [0, 0.1) is 0 Å². The average Bonchev–Trinajstić information content (AvgIpc) is 3.47. The van der Waals surface area contributed by atoms with E-state index < -0.39 is 0 Å². The second-order valence-electron chi connectivity index (χ2n) is 7.16. The van der Waals surface area contributed by atoms with Gasteiger partial charge in [-0.15, -0.1) is 11.8 Å². The minimum Gasteiger partial charge on any atom is -0.494 e. The molecule has 0 spiro atoms. The molecule has 8 heteroatoms. The maximum atomic E-state index is 6.07. The molecule has 0 N–H and O–H groups in total. The third-order valence-electron chi connectivity index (χ3n) is 5.19. The SMILES string of the molecule is CCOc1ccc(C2Cn3nc(-c4nc(-c5ccc(SC)cc5)no4)cc3CO2)cc1. The molecule has 0 amide bonds. The van der Waals surface area contributed by atoms with Crippen LogP contribution in [-0.4, -0.2) is 32.8 Å². The highest BCUT2D eigenvalue weighted by atomic mass is 32.2. The fourth-order valence-corrected chi connectivity index (χ4v) is 3.97. The van der Waals surface area contributed by atoms with Crippen LogP contribution in [0.4, 0.5) is 0 Å². The molecule has 0 aliphatic carbocycles. The Morgan fingerprint density at radius 3 is 2.68 bits per heavy atom. The fourth-order valence-electron chi connectivity index (χ4n) is 3.56. The van der Waals surface area contributed by atoms with Crippen LogP contribution in [0.25, 0.3) is 23.0 Å². The first kappa shape index (κ1) is 19.8. The molecule has 1 aliphatic rings. The summed E-state index contributed by atoms with van der Waals surface area (Å²) in [6, 6.07) is 18.0. The number of hydrogen-bond acceptors (Lipinski definition) is 7. The predicted molar refractivity (Wildman–Crippen MR) is 118 cm³/mol. The first-order valence-electron chi connectivity index (χ1n) is 10.1. The Morgan fingerprint density at radius 2 is 1.94 bits per heavy atom. The maximum absolute atomic E-state index is 6.07. The Labute approximate surface area is 184 Å². The molecule has 1 aliphatic heterocycles. The van der Waals surface area contributed by atoms with Gasteiger partial charge in [-0.1, -0.05) is 17.3 Å². The molecule has 31 heavy (non-hydrogen) atoms. The number of hydrogen-bond donors (Lipinski definition) is 0. The van der Waals surface area contributed by atoms with Gasteiger partial charge in [-0.25, -0.2) is 0 Å². The summed E-state index contributed by atoms with van der Waals surface area (Å²) in [4.78, 5) is 5.73. The lowest BCUT2D eigenvalue weighted by Crippen LogP contribution is -2.21. The lowest BCUT2D eigenvalue weighted by Gasteiger charge is -2.24. The highest BCUT2D eigenvalue weighted by Gasteiger charge is 2.24. The van der Waals surface area contributed by atoms with E-state index in [4.69, 9.17) is 19.1 Å². The van der Waals surface area contributed by atoms with Crippen LogP contribution in [-0.2, 0) is 17.9 Å². The van der Waals surface area contributed by atoms with Crippen LogP contribution in [0.3, 0.4) is 0 Å². The van der Waals surface area contributed by atoms with Gasteiger partial charge >= 0.3 is 0 Å². The van der Waals surface area contributed by atoms with Crippen LogP contribution in [0.5, 0.6) is 5.75 Å². The summed E-state index contributed by atoms with van der Waals surface area (Å²) in [5.41, 5.74) is 3.65. The molecule has 158 valence electrons. The molecule has 0 fully saturated rings. The molecule has 4 aromatic rings. The van der Waals surface area contributed by atoms with Gasteiger partial charge in [0.25, 0.3) is 5.89 Å². The monoisotopic (exact) mass is 434 g/mol. The quantitative estimate of drug-likeness (QED) is 0.396. The number of thioether (sulfide) groups is 1. The highest BCUT2D eigenvalue weighted by Crippen LogP contribution is 2.30. The molecule has 1 atom stereocenters.